The Morgan fingerprint density at radius 1 is 1.00 bits per heavy atom. The molecule has 0 fully saturated rings. The Balaban J connectivity index is 3.34. The first kappa shape index (κ1) is 14.1. The van der Waals surface area contributed by atoms with Crippen LogP contribution in [0, 0.1) is 0 Å². The Morgan fingerprint density at radius 3 is 2.07 bits per heavy atom. The zero-order valence-electron chi connectivity index (χ0n) is 9.54. The van der Waals surface area contributed by atoms with Crippen molar-refractivity contribution in [1.29, 1.82) is 0 Å². The monoisotopic (exact) mass is 221 g/mol. The zero-order chi connectivity index (χ0) is 10.9. The van der Waals surface area contributed by atoms with Gasteiger partial charge in [0.15, 0.2) is 0 Å². The summed E-state index contributed by atoms with van der Waals surface area (Å²) in [6, 6.07) is 0. The maximum Gasteiger partial charge on any atom is 0.497 e. The molecule has 0 bridgehead atoms. The van der Waals surface area contributed by atoms with Crippen molar-refractivity contribution < 1.29 is 13.3 Å². The highest BCUT2D eigenvalue weighted by atomic mass is 28.4. The van der Waals surface area contributed by atoms with Gasteiger partial charge >= 0.3 is 8.80 Å². The molecule has 0 aromatic carbocycles. The zero-order valence-corrected chi connectivity index (χ0v) is 10.5. The first-order valence-corrected chi connectivity index (χ1v) is 7.35. The number of unbranched alkanes of at least 4 members (excludes halogenated alkanes) is 3. The molecular weight excluding hydrogens is 198 g/mol. The Labute approximate surface area is 88.1 Å². The van der Waals surface area contributed by atoms with E-state index < -0.39 is 8.80 Å². The maximum absolute atomic E-state index is 5.57. The molecule has 0 atom stereocenters. The molecule has 5 heteroatoms. The molecule has 0 amide bonds. The van der Waals surface area contributed by atoms with Gasteiger partial charge in [0, 0.05) is 27.4 Å². The lowest BCUT2D eigenvalue weighted by Crippen LogP contribution is -2.40. The summed E-state index contributed by atoms with van der Waals surface area (Å²) in [5, 5.41) is 0. The van der Waals surface area contributed by atoms with Crippen molar-refractivity contribution in [3.8, 4) is 0 Å². The van der Waals surface area contributed by atoms with Gasteiger partial charge in [0.25, 0.3) is 0 Å². The van der Waals surface area contributed by atoms with Crippen LogP contribution in [0.25, 0.3) is 0 Å². The average molecular weight is 221 g/mol. The van der Waals surface area contributed by atoms with Crippen molar-refractivity contribution in [3.05, 3.63) is 0 Å². The van der Waals surface area contributed by atoms with Gasteiger partial charge in [-0.2, -0.15) is 0 Å². The molecule has 0 aliphatic carbocycles. The quantitative estimate of drug-likeness (QED) is 0.472. The molecule has 4 nitrogen and oxygen atoms in total. The van der Waals surface area contributed by atoms with Crippen LogP contribution in [0.1, 0.15) is 25.7 Å². The summed E-state index contributed by atoms with van der Waals surface area (Å²) in [4.78, 5) is 0. The van der Waals surface area contributed by atoms with Gasteiger partial charge in [-0.25, -0.2) is 0 Å². The van der Waals surface area contributed by atoms with E-state index in [9.17, 15) is 0 Å². The second-order valence-corrected chi connectivity index (χ2v) is 6.15. The smallest absolute Gasteiger partial charge is 0.377 e. The Bertz CT molecular complexity index is 131. The van der Waals surface area contributed by atoms with Crippen LogP contribution in [0.3, 0.4) is 0 Å². The van der Waals surface area contributed by atoms with E-state index in [0.717, 1.165) is 32.4 Å². The Kier molecular flexibility index (Phi) is 8.41. The standard InChI is InChI=1S/C9H23NO3Si/c1-11-14(3,12-2)13-9-7-5-4-6-8-10/h4-10H2,1-3H3. The van der Waals surface area contributed by atoms with Gasteiger partial charge in [-0.15, -0.1) is 0 Å². The van der Waals surface area contributed by atoms with E-state index in [1.165, 1.54) is 6.42 Å². The van der Waals surface area contributed by atoms with Crippen molar-refractivity contribution in [1.82, 2.24) is 0 Å². The van der Waals surface area contributed by atoms with E-state index in [-0.39, 0.29) is 0 Å². The van der Waals surface area contributed by atoms with Crippen LogP contribution >= 0.6 is 0 Å². The molecule has 0 aromatic rings. The third-order valence-corrected chi connectivity index (χ3v) is 4.42. The van der Waals surface area contributed by atoms with Crippen LogP contribution in [0.2, 0.25) is 6.55 Å². The molecular formula is C9H23NO3Si. The van der Waals surface area contributed by atoms with E-state index in [1.54, 1.807) is 14.2 Å². The van der Waals surface area contributed by atoms with Crippen molar-refractivity contribution in [2.45, 2.75) is 32.2 Å². The summed E-state index contributed by atoms with van der Waals surface area (Å²) in [6.07, 6.45) is 4.49. The summed E-state index contributed by atoms with van der Waals surface area (Å²) in [5.74, 6) is 0. The minimum atomic E-state index is -2.29. The molecule has 0 rings (SSSR count). The molecule has 0 aliphatic heterocycles. The fourth-order valence-corrected chi connectivity index (χ4v) is 1.98. The normalized spacial score (nSPS) is 12.0. The minimum absolute atomic E-state index is 0.717. The minimum Gasteiger partial charge on any atom is -0.377 e. The molecule has 0 saturated carbocycles. The van der Waals surface area contributed by atoms with Crippen LogP contribution in [-0.2, 0) is 13.3 Å². The van der Waals surface area contributed by atoms with Crippen molar-refractivity contribution in [2.75, 3.05) is 27.4 Å². The van der Waals surface area contributed by atoms with Crippen molar-refractivity contribution in [3.63, 3.8) is 0 Å². The fourth-order valence-electron chi connectivity index (χ4n) is 1.06. The van der Waals surface area contributed by atoms with E-state index >= 15 is 0 Å². The number of hydrogen-bond donors (Lipinski definition) is 1. The van der Waals surface area contributed by atoms with Crippen LogP contribution in [0.5, 0.6) is 0 Å². The third-order valence-electron chi connectivity index (χ3n) is 2.20. The Hall–Kier alpha value is 0.0569. The molecule has 0 saturated heterocycles. The maximum atomic E-state index is 5.57. The van der Waals surface area contributed by atoms with Gasteiger partial charge in [0.1, 0.15) is 0 Å². The lowest BCUT2D eigenvalue weighted by molar-refractivity contribution is 0.104. The summed E-state index contributed by atoms with van der Waals surface area (Å²) < 4.78 is 15.9. The molecule has 0 spiro atoms. The molecule has 0 aromatic heterocycles. The predicted molar refractivity (Wildman–Crippen MR) is 59.1 cm³/mol. The first-order chi connectivity index (χ1) is 6.68. The molecule has 0 unspecified atom stereocenters. The van der Waals surface area contributed by atoms with Gasteiger partial charge in [0.2, 0.25) is 0 Å². The van der Waals surface area contributed by atoms with Crippen LogP contribution < -0.4 is 5.73 Å². The SMILES string of the molecule is CO[Si](C)(OC)OCCCCCCN. The summed E-state index contributed by atoms with van der Waals surface area (Å²) in [5.41, 5.74) is 5.39. The number of nitrogens with two attached hydrogens (primary N) is 1. The molecule has 86 valence electrons. The van der Waals surface area contributed by atoms with Gasteiger partial charge in [-0.3, -0.25) is 0 Å². The van der Waals surface area contributed by atoms with Crippen LogP contribution in [0.4, 0.5) is 0 Å². The first-order valence-electron chi connectivity index (χ1n) is 5.13. The highest BCUT2D eigenvalue weighted by molar-refractivity contribution is 6.59. The highest BCUT2D eigenvalue weighted by Crippen LogP contribution is 2.08. The molecule has 2 N–H and O–H groups in total. The van der Waals surface area contributed by atoms with Gasteiger partial charge in [-0.05, 0) is 19.4 Å². The molecule has 0 heterocycles. The van der Waals surface area contributed by atoms with Gasteiger partial charge in [-0.1, -0.05) is 12.8 Å². The lowest BCUT2D eigenvalue weighted by atomic mass is 10.2. The van der Waals surface area contributed by atoms with Crippen LogP contribution in [0.15, 0.2) is 0 Å². The summed E-state index contributed by atoms with van der Waals surface area (Å²) in [7, 11) is 0.968. The molecule has 14 heavy (non-hydrogen) atoms. The molecule has 0 aliphatic rings. The topological polar surface area (TPSA) is 53.7 Å². The van der Waals surface area contributed by atoms with E-state index in [2.05, 4.69) is 0 Å². The number of rotatable bonds is 9. The van der Waals surface area contributed by atoms with E-state index in [4.69, 9.17) is 19.0 Å². The summed E-state index contributed by atoms with van der Waals surface area (Å²) in [6.45, 7) is 3.39. The third kappa shape index (κ3) is 6.50. The second kappa shape index (κ2) is 8.37. The van der Waals surface area contributed by atoms with Crippen LogP contribution in [-0.4, -0.2) is 36.2 Å². The lowest BCUT2D eigenvalue weighted by Gasteiger charge is -2.21. The number of hydrogen-bond acceptors (Lipinski definition) is 4. The second-order valence-electron chi connectivity index (χ2n) is 3.32. The van der Waals surface area contributed by atoms with Crippen molar-refractivity contribution in [2.24, 2.45) is 5.73 Å². The van der Waals surface area contributed by atoms with Gasteiger partial charge in [0.05, 0.1) is 0 Å². The van der Waals surface area contributed by atoms with E-state index in [1.807, 2.05) is 6.55 Å². The van der Waals surface area contributed by atoms with Gasteiger partial charge < -0.3 is 19.0 Å². The van der Waals surface area contributed by atoms with Crippen molar-refractivity contribution >= 4 is 8.80 Å². The summed E-state index contributed by atoms with van der Waals surface area (Å²) >= 11 is 0. The highest BCUT2D eigenvalue weighted by Gasteiger charge is 2.31. The fraction of sp³-hybridized carbons (Fsp3) is 1.00. The predicted octanol–water partition coefficient (Wildman–Crippen LogP) is 1.38. The van der Waals surface area contributed by atoms with E-state index in [0.29, 0.717) is 0 Å². The molecule has 0 radical (unpaired) electrons. The average Bonchev–Trinajstić information content (AvgIpc) is 2.23. The Morgan fingerprint density at radius 2 is 1.57 bits per heavy atom. The largest absolute Gasteiger partial charge is 0.497 e.